The van der Waals surface area contributed by atoms with Crippen LogP contribution in [0.1, 0.15) is 52.9 Å². The first kappa shape index (κ1) is 16.6. The van der Waals surface area contributed by atoms with Crippen LogP contribution in [0.25, 0.3) is 0 Å². The summed E-state index contributed by atoms with van der Waals surface area (Å²) in [5.41, 5.74) is -0.407. The van der Waals surface area contributed by atoms with Gasteiger partial charge in [-0.3, -0.25) is 0 Å². The molecule has 21 heavy (non-hydrogen) atoms. The van der Waals surface area contributed by atoms with Crippen molar-refractivity contribution >= 4 is 6.09 Å². The van der Waals surface area contributed by atoms with Crippen molar-refractivity contribution in [2.45, 2.75) is 70.6 Å². The van der Waals surface area contributed by atoms with Crippen LogP contribution in [0.2, 0.25) is 0 Å². The van der Waals surface area contributed by atoms with Gasteiger partial charge in [-0.25, -0.2) is 4.79 Å². The van der Waals surface area contributed by atoms with E-state index in [2.05, 4.69) is 10.6 Å². The van der Waals surface area contributed by atoms with E-state index in [0.29, 0.717) is 12.1 Å². The van der Waals surface area contributed by atoms with Gasteiger partial charge < -0.3 is 20.3 Å². The van der Waals surface area contributed by atoms with Gasteiger partial charge in [0.05, 0.1) is 0 Å². The van der Waals surface area contributed by atoms with Gasteiger partial charge in [-0.15, -0.1) is 0 Å². The lowest BCUT2D eigenvalue weighted by molar-refractivity contribution is 0.0231. The fourth-order valence-corrected chi connectivity index (χ4v) is 2.71. The molecule has 1 saturated heterocycles. The Morgan fingerprint density at radius 1 is 1.33 bits per heavy atom. The monoisotopic (exact) mass is 297 g/mol. The Bertz CT molecular complexity index is 331. The van der Waals surface area contributed by atoms with Crippen molar-refractivity contribution in [3.63, 3.8) is 0 Å². The number of nitrogens with one attached hydrogen (secondary N) is 2. The number of carbonyl (C=O) groups excluding carboxylic acids is 1. The fraction of sp³-hybridized carbons (Fsp3) is 0.938. The predicted octanol–water partition coefficient (Wildman–Crippen LogP) is 2.12. The van der Waals surface area contributed by atoms with Crippen LogP contribution in [0.5, 0.6) is 0 Å². The second kappa shape index (κ2) is 7.45. The van der Waals surface area contributed by atoms with Crippen LogP contribution in [0.15, 0.2) is 0 Å². The van der Waals surface area contributed by atoms with E-state index in [1.807, 2.05) is 25.7 Å². The van der Waals surface area contributed by atoms with Gasteiger partial charge in [0, 0.05) is 25.2 Å². The van der Waals surface area contributed by atoms with Gasteiger partial charge in [0.25, 0.3) is 0 Å². The molecule has 0 aromatic heterocycles. The van der Waals surface area contributed by atoms with E-state index in [-0.39, 0.29) is 6.09 Å². The largest absolute Gasteiger partial charge is 0.444 e. The van der Waals surface area contributed by atoms with E-state index < -0.39 is 5.60 Å². The standard InChI is InChI=1S/C16H31N3O2/c1-16(2,3)21-15(20)19(14-7-8-14)11-5-10-18-13-6-4-9-17-12-13/h13-14,17-18H,4-12H2,1-3H3. The SMILES string of the molecule is CC(C)(C)OC(=O)N(CCCNC1CCCNC1)C1CC1. The third-order valence-electron chi connectivity index (χ3n) is 3.92. The molecule has 1 saturated carbocycles. The van der Waals surface area contributed by atoms with Crippen molar-refractivity contribution < 1.29 is 9.53 Å². The van der Waals surface area contributed by atoms with Gasteiger partial charge in [0.1, 0.15) is 5.60 Å². The predicted molar refractivity (Wildman–Crippen MR) is 84.5 cm³/mol. The van der Waals surface area contributed by atoms with E-state index in [1.54, 1.807) is 0 Å². The number of ether oxygens (including phenoxy) is 1. The summed E-state index contributed by atoms with van der Waals surface area (Å²) in [5.74, 6) is 0. The minimum Gasteiger partial charge on any atom is -0.444 e. The van der Waals surface area contributed by atoms with E-state index in [1.165, 1.54) is 12.8 Å². The zero-order chi connectivity index (χ0) is 15.3. The smallest absolute Gasteiger partial charge is 0.410 e. The summed E-state index contributed by atoms with van der Waals surface area (Å²) in [4.78, 5) is 14.1. The number of hydrogen-bond acceptors (Lipinski definition) is 4. The minimum absolute atomic E-state index is 0.149. The Kier molecular flexibility index (Phi) is 5.88. The molecule has 1 atom stereocenters. The zero-order valence-electron chi connectivity index (χ0n) is 13.8. The van der Waals surface area contributed by atoms with Crippen molar-refractivity contribution in [2.75, 3.05) is 26.2 Å². The molecular formula is C16H31N3O2. The zero-order valence-corrected chi connectivity index (χ0v) is 13.8. The summed E-state index contributed by atoms with van der Waals surface area (Å²) < 4.78 is 5.50. The molecule has 1 unspecified atom stereocenters. The van der Waals surface area contributed by atoms with Crippen LogP contribution in [0, 0.1) is 0 Å². The van der Waals surface area contributed by atoms with Gasteiger partial charge in [-0.05, 0) is 66.0 Å². The summed E-state index contributed by atoms with van der Waals surface area (Å²) in [6.45, 7) is 9.75. The van der Waals surface area contributed by atoms with E-state index in [9.17, 15) is 4.79 Å². The lowest BCUT2D eigenvalue weighted by atomic mass is 10.1. The molecule has 122 valence electrons. The average molecular weight is 297 g/mol. The second-order valence-corrected chi connectivity index (χ2v) is 7.26. The van der Waals surface area contributed by atoms with Gasteiger partial charge in [-0.2, -0.15) is 0 Å². The first-order valence-corrected chi connectivity index (χ1v) is 8.39. The van der Waals surface area contributed by atoms with Gasteiger partial charge in [0.2, 0.25) is 0 Å². The quantitative estimate of drug-likeness (QED) is 0.737. The molecule has 5 nitrogen and oxygen atoms in total. The Morgan fingerprint density at radius 2 is 2.10 bits per heavy atom. The number of piperidine rings is 1. The van der Waals surface area contributed by atoms with Crippen LogP contribution in [-0.4, -0.2) is 54.9 Å². The number of nitrogens with zero attached hydrogens (tertiary/aromatic N) is 1. The summed E-state index contributed by atoms with van der Waals surface area (Å²) in [6.07, 6.45) is 5.60. The van der Waals surface area contributed by atoms with Crippen molar-refractivity contribution in [3.05, 3.63) is 0 Å². The molecule has 0 bridgehead atoms. The van der Waals surface area contributed by atoms with Crippen molar-refractivity contribution in [2.24, 2.45) is 0 Å². The molecule has 1 aliphatic carbocycles. The van der Waals surface area contributed by atoms with Crippen LogP contribution in [-0.2, 0) is 4.74 Å². The Balaban J connectivity index is 1.67. The molecule has 2 rings (SSSR count). The Hall–Kier alpha value is -0.810. The molecule has 0 radical (unpaired) electrons. The van der Waals surface area contributed by atoms with E-state index >= 15 is 0 Å². The maximum absolute atomic E-state index is 12.2. The maximum Gasteiger partial charge on any atom is 0.410 e. The van der Waals surface area contributed by atoms with Gasteiger partial charge in [0.15, 0.2) is 0 Å². The molecular weight excluding hydrogens is 266 g/mol. The van der Waals surface area contributed by atoms with E-state index in [0.717, 1.165) is 45.4 Å². The summed E-state index contributed by atoms with van der Waals surface area (Å²) in [6, 6.07) is 1.01. The van der Waals surface area contributed by atoms with Crippen LogP contribution in [0.4, 0.5) is 4.79 Å². The number of rotatable bonds is 6. The van der Waals surface area contributed by atoms with Crippen LogP contribution < -0.4 is 10.6 Å². The summed E-state index contributed by atoms with van der Waals surface area (Å²) >= 11 is 0. The minimum atomic E-state index is -0.407. The highest BCUT2D eigenvalue weighted by Gasteiger charge is 2.34. The molecule has 0 aromatic rings. The van der Waals surface area contributed by atoms with Crippen molar-refractivity contribution in [1.82, 2.24) is 15.5 Å². The fourth-order valence-electron chi connectivity index (χ4n) is 2.71. The molecule has 0 aromatic carbocycles. The molecule has 2 fully saturated rings. The summed E-state index contributed by atoms with van der Waals surface area (Å²) in [7, 11) is 0. The number of amides is 1. The molecule has 1 heterocycles. The normalized spacial score (nSPS) is 22.9. The van der Waals surface area contributed by atoms with Gasteiger partial charge >= 0.3 is 6.09 Å². The van der Waals surface area contributed by atoms with E-state index in [4.69, 9.17) is 4.74 Å². The molecule has 1 aliphatic heterocycles. The highest BCUT2D eigenvalue weighted by molar-refractivity contribution is 5.69. The Labute approximate surface area is 128 Å². The number of carbonyl (C=O) groups is 1. The van der Waals surface area contributed by atoms with Crippen molar-refractivity contribution in [1.29, 1.82) is 0 Å². The summed E-state index contributed by atoms with van der Waals surface area (Å²) in [5, 5.41) is 6.99. The highest BCUT2D eigenvalue weighted by Crippen LogP contribution is 2.28. The van der Waals surface area contributed by atoms with Crippen LogP contribution in [0.3, 0.4) is 0 Å². The topological polar surface area (TPSA) is 53.6 Å². The molecule has 1 amide bonds. The van der Waals surface area contributed by atoms with Crippen molar-refractivity contribution in [3.8, 4) is 0 Å². The lowest BCUT2D eigenvalue weighted by Crippen LogP contribution is -2.44. The second-order valence-electron chi connectivity index (χ2n) is 7.26. The first-order chi connectivity index (χ1) is 9.96. The maximum atomic E-state index is 12.2. The van der Waals surface area contributed by atoms with Gasteiger partial charge in [-0.1, -0.05) is 0 Å². The number of hydrogen-bond donors (Lipinski definition) is 2. The molecule has 0 spiro atoms. The molecule has 5 heteroatoms. The molecule has 2 N–H and O–H groups in total. The molecule has 2 aliphatic rings. The third kappa shape index (κ3) is 6.22. The third-order valence-corrected chi connectivity index (χ3v) is 3.92. The lowest BCUT2D eigenvalue weighted by Gasteiger charge is -2.28. The average Bonchev–Trinajstić information content (AvgIpc) is 3.22. The first-order valence-electron chi connectivity index (χ1n) is 8.39. The van der Waals surface area contributed by atoms with Crippen LogP contribution >= 0.6 is 0 Å². The Morgan fingerprint density at radius 3 is 2.67 bits per heavy atom. The highest BCUT2D eigenvalue weighted by atomic mass is 16.6.